The highest BCUT2D eigenvalue weighted by molar-refractivity contribution is 7.93. The van der Waals surface area contributed by atoms with Crippen molar-refractivity contribution >= 4 is 50.1 Å². The van der Waals surface area contributed by atoms with E-state index in [0.29, 0.717) is 21.7 Å². The summed E-state index contributed by atoms with van der Waals surface area (Å²) in [4.78, 5) is 0.105. The Bertz CT molecular complexity index is 922. The van der Waals surface area contributed by atoms with Gasteiger partial charge in [0.15, 0.2) is 0 Å². The molecule has 1 aromatic heterocycles. The van der Waals surface area contributed by atoms with Crippen molar-refractivity contribution in [2.24, 2.45) is 0 Å². The molecule has 0 bridgehead atoms. The molecule has 21 heavy (non-hydrogen) atoms. The van der Waals surface area contributed by atoms with Crippen LogP contribution in [0.15, 0.2) is 41.3 Å². The number of rotatable bonds is 3. The topological polar surface area (TPSA) is 72.0 Å². The molecule has 0 saturated carbocycles. The number of halogens is 1. The number of benzene rings is 2. The van der Waals surface area contributed by atoms with E-state index in [2.05, 4.69) is 13.5 Å². The quantitative estimate of drug-likeness (QED) is 0.793. The van der Waals surface area contributed by atoms with Gasteiger partial charge in [-0.2, -0.15) is 8.75 Å². The molecule has 0 amide bonds. The van der Waals surface area contributed by atoms with Crippen LogP contribution in [0.4, 0.5) is 5.69 Å². The monoisotopic (exact) mass is 339 g/mol. The smallest absolute Gasteiger partial charge is 0.264 e. The second-order valence-electron chi connectivity index (χ2n) is 4.45. The van der Waals surface area contributed by atoms with Crippen molar-refractivity contribution in [2.45, 2.75) is 11.8 Å². The molecular formula is C13H10ClN3O2S2. The van der Waals surface area contributed by atoms with E-state index in [1.807, 2.05) is 0 Å². The first-order chi connectivity index (χ1) is 9.97. The maximum atomic E-state index is 12.6. The van der Waals surface area contributed by atoms with Crippen LogP contribution in [-0.4, -0.2) is 17.2 Å². The first-order valence-corrected chi connectivity index (χ1v) is 8.57. The maximum absolute atomic E-state index is 12.6. The summed E-state index contributed by atoms with van der Waals surface area (Å²) in [7, 11) is -3.75. The Morgan fingerprint density at radius 3 is 2.81 bits per heavy atom. The van der Waals surface area contributed by atoms with Crippen molar-refractivity contribution in [3.63, 3.8) is 0 Å². The maximum Gasteiger partial charge on any atom is 0.264 e. The van der Waals surface area contributed by atoms with Gasteiger partial charge < -0.3 is 0 Å². The molecule has 0 aliphatic heterocycles. The number of sulfonamides is 1. The van der Waals surface area contributed by atoms with Crippen LogP contribution in [0.2, 0.25) is 5.02 Å². The molecule has 0 unspecified atom stereocenters. The number of nitrogens with one attached hydrogen (secondary N) is 1. The van der Waals surface area contributed by atoms with Crippen LogP contribution in [0.1, 0.15) is 5.56 Å². The predicted molar refractivity (Wildman–Crippen MR) is 84.4 cm³/mol. The Labute approximate surface area is 131 Å². The third-order valence-electron chi connectivity index (χ3n) is 2.98. The van der Waals surface area contributed by atoms with E-state index >= 15 is 0 Å². The van der Waals surface area contributed by atoms with Crippen molar-refractivity contribution in [2.75, 3.05) is 4.72 Å². The van der Waals surface area contributed by atoms with Crippen molar-refractivity contribution in [1.29, 1.82) is 0 Å². The fourth-order valence-electron chi connectivity index (χ4n) is 1.90. The van der Waals surface area contributed by atoms with E-state index in [4.69, 9.17) is 11.6 Å². The molecule has 0 atom stereocenters. The predicted octanol–water partition coefficient (Wildman–Crippen LogP) is 3.45. The average molecular weight is 340 g/mol. The van der Waals surface area contributed by atoms with E-state index < -0.39 is 10.0 Å². The number of aryl methyl sites for hydroxylation is 1. The number of hydrogen-bond acceptors (Lipinski definition) is 5. The standard InChI is InChI=1S/C13H10ClN3O2S2/c1-8-5-6-9(14)7-11(8)17-21(18,19)12-4-2-3-10-13(12)16-20-15-10/h2-7,17H,1H3. The summed E-state index contributed by atoms with van der Waals surface area (Å²) >= 11 is 6.90. The first kappa shape index (κ1) is 14.2. The second kappa shape index (κ2) is 5.25. The molecule has 5 nitrogen and oxygen atoms in total. The van der Waals surface area contributed by atoms with Gasteiger partial charge in [0.1, 0.15) is 15.9 Å². The molecule has 8 heteroatoms. The van der Waals surface area contributed by atoms with Gasteiger partial charge in [0.2, 0.25) is 0 Å². The highest BCUT2D eigenvalue weighted by Gasteiger charge is 2.20. The average Bonchev–Trinajstić information content (AvgIpc) is 2.90. The third-order valence-corrected chi connectivity index (χ3v) is 5.16. The SMILES string of the molecule is Cc1ccc(Cl)cc1NS(=O)(=O)c1cccc2nsnc12. The molecule has 1 heterocycles. The van der Waals surface area contributed by atoms with Gasteiger partial charge in [-0.05, 0) is 36.8 Å². The van der Waals surface area contributed by atoms with Crippen LogP contribution in [0.3, 0.4) is 0 Å². The van der Waals surface area contributed by atoms with E-state index in [1.54, 1.807) is 37.3 Å². The van der Waals surface area contributed by atoms with Gasteiger partial charge in [0.05, 0.1) is 17.4 Å². The first-order valence-electron chi connectivity index (χ1n) is 5.97. The lowest BCUT2D eigenvalue weighted by atomic mass is 10.2. The number of anilines is 1. The van der Waals surface area contributed by atoms with E-state index in [-0.39, 0.29) is 4.90 Å². The molecule has 0 aliphatic carbocycles. The zero-order chi connectivity index (χ0) is 15.0. The zero-order valence-electron chi connectivity index (χ0n) is 10.9. The van der Waals surface area contributed by atoms with Gasteiger partial charge in [0.25, 0.3) is 10.0 Å². The fourth-order valence-corrected chi connectivity index (χ4v) is 3.96. The lowest BCUT2D eigenvalue weighted by Crippen LogP contribution is -2.14. The summed E-state index contributed by atoms with van der Waals surface area (Å²) in [5.74, 6) is 0. The lowest BCUT2D eigenvalue weighted by molar-refractivity contribution is 0.602. The van der Waals surface area contributed by atoms with Crippen LogP contribution >= 0.6 is 23.3 Å². The molecule has 0 fully saturated rings. The normalized spacial score (nSPS) is 11.7. The van der Waals surface area contributed by atoms with Gasteiger partial charge in [-0.1, -0.05) is 23.7 Å². The molecule has 0 saturated heterocycles. The Morgan fingerprint density at radius 1 is 1.19 bits per heavy atom. The molecular weight excluding hydrogens is 330 g/mol. The highest BCUT2D eigenvalue weighted by atomic mass is 35.5. The number of fused-ring (bicyclic) bond motifs is 1. The fraction of sp³-hybridized carbons (Fsp3) is 0.0769. The highest BCUT2D eigenvalue weighted by Crippen LogP contribution is 2.26. The van der Waals surface area contributed by atoms with Crippen molar-refractivity contribution in [3.05, 3.63) is 47.0 Å². The van der Waals surface area contributed by atoms with Crippen molar-refractivity contribution in [3.8, 4) is 0 Å². The van der Waals surface area contributed by atoms with Gasteiger partial charge in [-0.25, -0.2) is 8.42 Å². The number of hydrogen-bond donors (Lipinski definition) is 1. The van der Waals surface area contributed by atoms with Crippen LogP contribution in [-0.2, 0) is 10.0 Å². The van der Waals surface area contributed by atoms with Crippen LogP contribution in [0.5, 0.6) is 0 Å². The largest absolute Gasteiger partial charge is 0.279 e. The van der Waals surface area contributed by atoms with Gasteiger partial charge in [-0.3, -0.25) is 4.72 Å². The Kier molecular flexibility index (Phi) is 3.56. The summed E-state index contributed by atoms with van der Waals surface area (Å²) in [6.45, 7) is 1.80. The number of nitrogens with zero attached hydrogens (tertiary/aromatic N) is 2. The molecule has 3 aromatic rings. The summed E-state index contributed by atoms with van der Waals surface area (Å²) in [5, 5.41) is 0.465. The van der Waals surface area contributed by atoms with Crippen molar-refractivity contribution in [1.82, 2.24) is 8.75 Å². The molecule has 0 aliphatic rings. The molecule has 3 rings (SSSR count). The molecule has 0 spiro atoms. The van der Waals surface area contributed by atoms with Gasteiger partial charge in [-0.15, -0.1) is 0 Å². The molecule has 108 valence electrons. The van der Waals surface area contributed by atoms with Gasteiger partial charge in [0, 0.05) is 5.02 Å². The Morgan fingerprint density at radius 2 is 2.00 bits per heavy atom. The van der Waals surface area contributed by atoms with Crippen LogP contribution in [0.25, 0.3) is 11.0 Å². The van der Waals surface area contributed by atoms with E-state index in [9.17, 15) is 8.42 Å². The zero-order valence-corrected chi connectivity index (χ0v) is 13.3. The summed E-state index contributed by atoms with van der Waals surface area (Å²) in [5.41, 5.74) is 2.16. The van der Waals surface area contributed by atoms with E-state index in [1.165, 1.54) is 6.07 Å². The summed E-state index contributed by atoms with van der Waals surface area (Å²) in [6.07, 6.45) is 0. The Balaban J connectivity index is 2.09. The minimum atomic E-state index is -3.75. The van der Waals surface area contributed by atoms with Crippen LogP contribution in [0, 0.1) is 6.92 Å². The molecule has 1 N–H and O–H groups in total. The van der Waals surface area contributed by atoms with Crippen LogP contribution < -0.4 is 4.72 Å². The second-order valence-corrected chi connectivity index (χ2v) is 7.07. The molecule has 0 radical (unpaired) electrons. The summed E-state index contributed by atoms with van der Waals surface area (Å²) < 4.78 is 35.8. The van der Waals surface area contributed by atoms with E-state index in [0.717, 1.165) is 17.3 Å². The minimum absolute atomic E-state index is 0.105. The Hall–Kier alpha value is -1.70. The van der Waals surface area contributed by atoms with Gasteiger partial charge >= 0.3 is 0 Å². The lowest BCUT2D eigenvalue weighted by Gasteiger charge is -2.11. The minimum Gasteiger partial charge on any atom is -0.279 e. The number of aromatic nitrogens is 2. The van der Waals surface area contributed by atoms with Crippen molar-refractivity contribution < 1.29 is 8.42 Å². The summed E-state index contributed by atoms with van der Waals surface area (Å²) in [6, 6.07) is 9.91. The molecule has 2 aromatic carbocycles. The third kappa shape index (κ3) is 2.72.